The van der Waals surface area contributed by atoms with Gasteiger partial charge in [-0.3, -0.25) is 4.90 Å². The van der Waals surface area contributed by atoms with Crippen molar-refractivity contribution in [2.24, 2.45) is 5.92 Å². The summed E-state index contributed by atoms with van der Waals surface area (Å²) in [5.41, 5.74) is 2.16. The Morgan fingerprint density at radius 2 is 2.05 bits per heavy atom. The van der Waals surface area contributed by atoms with Gasteiger partial charge in [-0.25, -0.2) is 4.79 Å². The predicted octanol–water partition coefficient (Wildman–Crippen LogP) is 3.11. The van der Waals surface area contributed by atoms with Gasteiger partial charge in [-0.15, -0.1) is 0 Å². The van der Waals surface area contributed by atoms with Crippen LogP contribution in [0.2, 0.25) is 0 Å². The summed E-state index contributed by atoms with van der Waals surface area (Å²) in [6, 6.07) is 8.19. The highest BCUT2D eigenvalue weighted by molar-refractivity contribution is 7.99. The topological polar surface area (TPSA) is 35.6 Å². The standard InChI is InChI=1S/C17H25N3OS/c1-19(12-14-6-7-14)17(21)18-16-5-3-2-4-15(16)13-20-8-10-22-11-9-20/h2-5,14H,6-13H2,1H3,(H,18,21). The summed E-state index contributed by atoms with van der Waals surface area (Å²) in [5.74, 6) is 3.13. The van der Waals surface area contributed by atoms with Gasteiger partial charge >= 0.3 is 6.03 Å². The van der Waals surface area contributed by atoms with E-state index in [1.165, 1.54) is 29.9 Å². The fraction of sp³-hybridized carbons (Fsp3) is 0.588. The Labute approximate surface area is 137 Å². The number of carbonyl (C=O) groups is 1. The molecule has 1 aliphatic carbocycles. The number of para-hydroxylation sites is 1. The van der Waals surface area contributed by atoms with Crippen LogP contribution in [0.1, 0.15) is 18.4 Å². The zero-order valence-electron chi connectivity index (χ0n) is 13.3. The fourth-order valence-corrected chi connectivity index (χ4v) is 3.74. The van der Waals surface area contributed by atoms with Gasteiger partial charge in [-0.05, 0) is 30.4 Å². The average Bonchev–Trinajstić information content (AvgIpc) is 3.34. The van der Waals surface area contributed by atoms with Gasteiger partial charge in [0.25, 0.3) is 0 Å². The lowest BCUT2D eigenvalue weighted by Gasteiger charge is -2.27. The summed E-state index contributed by atoms with van der Waals surface area (Å²) >= 11 is 2.02. The normalized spacial score (nSPS) is 19.0. The second-order valence-electron chi connectivity index (χ2n) is 6.30. The highest BCUT2D eigenvalue weighted by atomic mass is 32.2. The number of amides is 2. The number of hydrogen-bond donors (Lipinski definition) is 1. The van der Waals surface area contributed by atoms with Crippen LogP contribution in [0.4, 0.5) is 10.5 Å². The van der Waals surface area contributed by atoms with Gasteiger partial charge in [-0.1, -0.05) is 18.2 Å². The Kier molecular flexibility index (Phi) is 5.26. The molecule has 0 radical (unpaired) electrons. The van der Waals surface area contributed by atoms with E-state index in [4.69, 9.17) is 0 Å². The minimum atomic E-state index is 0.00792. The van der Waals surface area contributed by atoms with Crippen LogP contribution in [0.25, 0.3) is 0 Å². The van der Waals surface area contributed by atoms with Gasteiger partial charge in [0.2, 0.25) is 0 Å². The van der Waals surface area contributed by atoms with Crippen LogP contribution in [0.3, 0.4) is 0 Å². The summed E-state index contributed by atoms with van der Waals surface area (Å²) in [4.78, 5) is 16.6. The van der Waals surface area contributed by atoms with E-state index < -0.39 is 0 Å². The van der Waals surface area contributed by atoms with Gasteiger partial charge < -0.3 is 10.2 Å². The van der Waals surface area contributed by atoms with E-state index in [0.29, 0.717) is 0 Å². The second-order valence-corrected chi connectivity index (χ2v) is 7.52. The molecule has 0 atom stereocenters. The van der Waals surface area contributed by atoms with Crippen molar-refractivity contribution in [3.05, 3.63) is 29.8 Å². The summed E-state index contributed by atoms with van der Waals surface area (Å²) < 4.78 is 0. The molecule has 5 heteroatoms. The molecule has 120 valence electrons. The van der Waals surface area contributed by atoms with Crippen LogP contribution < -0.4 is 5.32 Å². The molecule has 1 N–H and O–H groups in total. The number of nitrogens with one attached hydrogen (secondary N) is 1. The van der Waals surface area contributed by atoms with Gasteiger partial charge in [0, 0.05) is 50.4 Å². The van der Waals surface area contributed by atoms with E-state index >= 15 is 0 Å². The van der Waals surface area contributed by atoms with Crippen molar-refractivity contribution < 1.29 is 4.79 Å². The maximum atomic E-state index is 12.3. The number of thioether (sulfide) groups is 1. The van der Waals surface area contributed by atoms with E-state index in [2.05, 4.69) is 22.3 Å². The number of hydrogen-bond acceptors (Lipinski definition) is 3. The second kappa shape index (κ2) is 7.38. The summed E-state index contributed by atoms with van der Waals surface area (Å²) in [6.45, 7) is 4.06. The van der Waals surface area contributed by atoms with Gasteiger partial charge in [0.15, 0.2) is 0 Å². The zero-order chi connectivity index (χ0) is 15.4. The van der Waals surface area contributed by atoms with Crippen molar-refractivity contribution in [1.29, 1.82) is 0 Å². The summed E-state index contributed by atoms with van der Waals surface area (Å²) in [5, 5.41) is 3.09. The quantitative estimate of drug-likeness (QED) is 0.906. The third-order valence-electron chi connectivity index (χ3n) is 4.33. The lowest BCUT2D eigenvalue weighted by atomic mass is 10.1. The molecule has 1 aromatic carbocycles. The van der Waals surface area contributed by atoms with E-state index in [1.54, 1.807) is 0 Å². The minimum Gasteiger partial charge on any atom is -0.327 e. The highest BCUT2D eigenvalue weighted by Crippen LogP contribution is 2.29. The van der Waals surface area contributed by atoms with Crippen LogP contribution in [0.15, 0.2) is 24.3 Å². The van der Waals surface area contributed by atoms with E-state index in [-0.39, 0.29) is 6.03 Å². The molecular weight excluding hydrogens is 294 g/mol. The molecule has 2 aliphatic rings. The van der Waals surface area contributed by atoms with Crippen LogP contribution in [0, 0.1) is 5.92 Å². The van der Waals surface area contributed by atoms with Crippen LogP contribution in [-0.4, -0.2) is 54.0 Å². The molecule has 1 saturated heterocycles. The number of carbonyl (C=O) groups excluding carboxylic acids is 1. The Balaban J connectivity index is 1.60. The number of benzene rings is 1. The lowest BCUT2D eigenvalue weighted by Crippen LogP contribution is -2.34. The maximum absolute atomic E-state index is 12.3. The predicted molar refractivity (Wildman–Crippen MR) is 93.4 cm³/mol. The summed E-state index contributed by atoms with van der Waals surface area (Å²) in [7, 11) is 1.89. The van der Waals surface area contributed by atoms with Crippen LogP contribution in [-0.2, 0) is 6.54 Å². The Hall–Kier alpha value is -1.20. The number of rotatable bonds is 5. The zero-order valence-corrected chi connectivity index (χ0v) is 14.1. The number of urea groups is 1. The van der Waals surface area contributed by atoms with E-state index in [1.807, 2.05) is 35.8 Å². The third-order valence-corrected chi connectivity index (χ3v) is 5.27. The molecule has 1 aromatic rings. The smallest absolute Gasteiger partial charge is 0.321 e. The molecule has 1 saturated carbocycles. The molecule has 2 fully saturated rings. The number of anilines is 1. The molecular formula is C17H25N3OS. The third kappa shape index (κ3) is 4.40. The van der Waals surface area contributed by atoms with Crippen molar-refractivity contribution in [3.63, 3.8) is 0 Å². The first-order valence-electron chi connectivity index (χ1n) is 8.12. The first-order chi connectivity index (χ1) is 10.7. The molecule has 22 heavy (non-hydrogen) atoms. The lowest BCUT2D eigenvalue weighted by molar-refractivity contribution is 0.220. The molecule has 4 nitrogen and oxygen atoms in total. The monoisotopic (exact) mass is 319 g/mol. The van der Waals surface area contributed by atoms with E-state index in [9.17, 15) is 4.79 Å². The van der Waals surface area contributed by atoms with E-state index in [0.717, 1.165) is 37.8 Å². The average molecular weight is 319 g/mol. The molecule has 3 rings (SSSR count). The first kappa shape index (κ1) is 15.7. The first-order valence-corrected chi connectivity index (χ1v) is 9.28. The van der Waals surface area contributed by atoms with Crippen LogP contribution >= 0.6 is 11.8 Å². The van der Waals surface area contributed by atoms with Gasteiger partial charge in [0.05, 0.1) is 0 Å². The highest BCUT2D eigenvalue weighted by Gasteiger charge is 2.25. The SMILES string of the molecule is CN(CC1CC1)C(=O)Nc1ccccc1CN1CCSCC1. The minimum absolute atomic E-state index is 0.00792. The van der Waals surface area contributed by atoms with Crippen LogP contribution in [0.5, 0.6) is 0 Å². The molecule has 2 amide bonds. The molecule has 1 aliphatic heterocycles. The van der Waals surface area contributed by atoms with Crippen molar-refractivity contribution >= 4 is 23.5 Å². The fourth-order valence-electron chi connectivity index (χ4n) is 2.76. The molecule has 0 spiro atoms. The van der Waals surface area contributed by atoms with Crippen molar-refractivity contribution in [3.8, 4) is 0 Å². The van der Waals surface area contributed by atoms with Crippen molar-refractivity contribution in [2.75, 3.05) is 43.5 Å². The van der Waals surface area contributed by atoms with Gasteiger partial charge in [-0.2, -0.15) is 11.8 Å². The molecule has 0 bridgehead atoms. The largest absolute Gasteiger partial charge is 0.327 e. The Bertz CT molecular complexity index is 512. The molecule has 0 aromatic heterocycles. The number of nitrogens with zero attached hydrogens (tertiary/aromatic N) is 2. The molecule has 1 heterocycles. The van der Waals surface area contributed by atoms with Crippen molar-refractivity contribution in [2.45, 2.75) is 19.4 Å². The van der Waals surface area contributed by atoms with Crippen molar-refractivity contribution in [1.82, 2.24) is 9.80 Å². The Morgan fingerprint density at radius 1 is 1.32 bits per heavy atom. The Morgan fingerprint density at radius 3 is 2.77 bits per heavy atom. The summed E-state index contributed by atoms with van der Waals surface area (Å²) in [6.07, 6.45) is 2.53. The van der Waals surface area contributed by atoms with Gasteiger partial charge in [0.1, 0.15) is 0 Å². The maximum Gasteiger partial charge on any atom is 0.321 e. The molecule has 0 unspecified atom stereocenters.